The summed E-state index contributed by atoms with van der Waals surface area (Å²) in [5.41, 5.74) is -1.38. The number of allylic oxidation sites excluding steroid dienone is 2. The van der Waals surface area contributed by atoms with Crippen LogP contribution in [0.1, 0.15) is 127 Å². The summed E-state index contributed by atoms with van der Waals surface area (Å²) >= 11 is 0. The number of hydrogen-bond acceptors (Lipinski definition) is 31. The van der Waals surface area contributed by atoms with Crippen LogP contribution in [0.15, 0.2) is 11.6 Å². The van der Waals surface area contributed by atoms with Crippen molar-refractivity contribution in [2.24, 2.45) is 46.3 Å². The molecule has 0 amide bonds. The Labute approximate surface area is 563 Å². The number of Topliss-reactive ketones (excluding diaryl/α,β-unsaturated/α-hetero) is 1. The second kappa shape index (κ2) is 30.3. The van der Waals surface area contributed by atoms with Gasteiger partial charge in [-0.25, -0.2) is 4.18 Å². The van der Waals surface area contributed by atoms with Crippen molar-refractivity contribution in [3.05, 3.63) is 11.6 Å². The fraction of sp³-hybridized carbons (Fsp3) is 0.953. The quantitative estimate of drug-likeness (QED) is 0.0398. The molecule has 0 spiro atoms. The number of hydrogen-bond donors (Lipinski definition) is 16. The van der Waals surface area contributed by atoms with Gasteiger partial charge in [0.15, 0.2) is 37.7 Å². The highest BCUT2D eigenvalue weighted by molar-refractivity contribution is 7.80. The molecule has 0 bridgehead atoms. The van der Waals surface area contributed by atoms with Gasteiger partial charge in [-0.3, -0.25) is 9.35 Å². The zero-order valence-corrected chi connectivity index (χ0v) is 57.1. The highest BCUT2D eigenvalue weighted by Gasteiger charge is 2.64. The molecule has 97 heavy (non-hydrogen) atoms. The summed E-state index contributed by atoms with van der Waals surface area (Å²) in [6, 6.07) is 0. The van der Waals surface area contributed by atoms with E-state index in [1.807, 2.05) is 20.8 Å². The fourth-order valence-electron chi connectivity index (χ4n) is 17.8. The lowest BCUT2D eigenvalue weighted by Gasteiger charge is -2.60. The zero-order chi connectivity index (χ0) is 71.2. The predicted molar refractivity (Wildman–Crippen MR) is 326 cm³/mol. The first-order valence-corrected chi connectivity index (χ1v) is 35.6. The van der Waals surface area contributed by atoms with E-state index in [0.29, 0.717) is 38.5 Å². The van der Waals surface area contributed by atoms with Crippen molar-refractivity contribution < 1.29 is 155 Å². The number of carbonyl (C=O) groups excluding carboxylic acids is 1. The summed E-state index contributed by atoms with van der Waals surface area (Å²) in [5, 5.41) is 170. The summed E-state index contributed by atoms with van der Waals surface area (Å²) in [7, 11) is -4.91. The number of ether oxygens (including phenoxy) is 12. The largest absolute Gasteiger partial charge is 0.397 e. The lowest BCUT2D eigenvalue weighted by atomic mass is 9.47. The van der Waals surface area contributed by atoms with Gasteiger partial charge in [0.05, 0.1) is 55.4 Å². The molecule has 10 rings (SSSR count). The summed E-state index contributed by atoms with van der Waals surface area (Å²) in [4.78, 5) is 13.8. The molecule has 3 saturated carbocycles. The molecule has 32 nitrogen and oxygen atoms in total. The van der Waals surface area contributed by atoms with Gasteiger partial charge in [0.1, 0.15) is 122 Å². The number of fused-ring (bicyclic) bond motifs is 5. The summed E-state index contributed by atoms with van der Waals surface area (Å²) < 4.78 is 113. The molecule has 4 aliphatic carbocycles. The Morgan fingerprint density at radius 1 is 0.588 bits per heavy atom. The number of aliphatic hydroxyl groups is 15. The lowest BCUT2D eigenvalue weighted by molar-refractivity contribution is -0.402. The highest BCUT2D eigenvalue weighted by Crippen LogP contribution is 2.68. The van der Waals surface area contributed by atoms with E-state index < -0.39 is 236 Å². The van der Waals surface area contributed by atoms with Gasteiger partial charge in [-0.05, 0) is 126 Å². The number of carbonyl (C=O) groups is 1. The van der Waals surface area contributed by atoms with Gasteiger partial charge in [0, 0.05) is 12.3 Å². The minimum absolute atomic E-state index is 0.00585. The molecule has 39 unspecified atom stereocenters. The van der Waals surface area contributed by atoms with Gasteiger partial charge in [-0.15, -0.1) is 0 Å². The first-order valence-electron chi connectivity index (χ1n) is 34.2. The van der Waals surface area contributed by atoms with Crippen molar-refractivity contribution in [2.45, 2.75) is 323 Å². The van der Waals surface area contributed by atoms with E-state index >= 15 is 0 Å². The Morgan fingerprint density at radius 3 is 1.61 bits per heavy atom. The topological polar surface area (TPSA) is 495 Å². The Bertz CT molecular complexity index is 2790. The monoisotopic (exact) mass is 1420 g/mol. The summed E-state index contributed by atoms with van der Waals surface area (Å²) in [5.74, 6) is -1.14. The third-order valence-electron chi connectivity index (χ3n) is 23.4. The van der Waals surface area contributed by atoms with Crippen LogP contribution < -0.4 is 0 Å². The van der Waals surface area contributed by atoms with Crippen LogP contribution in [0.3, 0.4) is 0 Å². The number of aliphatic hydroxyl groups excluding tert-OH is 14. The molecule has 6 heterocycles. The van der Waals surface area contributed by atoms with Crippen molar-refractivity contribution >= 4 is 16.2 Å². The van der Waals surface area contributed by atoms with Crippen molar-refractivity contribution in [1.82, 2.24) is 0 Å². The van der Waals surface area contributed by atoms with Crippen molar-refractivity contribution in [1.29, 1.82) is 0 Å². The molecular weight excluding hydrogens is 1310 g/mol. The van der Waals surface area contributed by atoms with E-state index in [-0.39, 0.29) is 54.6 Å². The molecule has 0 aromatic heterocycles. The molecule has 10 aliphatic rings. The number of rotatable bonds is 21. The van der Waals surface area contributed by atoms with Gasteiger partial charge < -0.3 is 133 Å². The molecule has 6 aliphatic heterocycles. The maximum Gasteiger partial charge on any atom is 0.397 e. The van der Waals surface area contributed by atoms with E-state index in [0.717, 1.165) is 5.57 Å². The standard InChI is InChI=1S/C64H106O32S/c1-11-29(23(2)3)34(66)20-64(10,80)38-13-12-31-30-19-35(33-18-28(96-97(81,82)83)14-16-62(33,8)32(30)15-17-63(31,38)9)89-58-50(78)53(42(70)26(6)87-58)93-60-54(94-57-49(77)46(74)40(68)25(5)86-57)44(72)37(22-84-60)91-61-55(47(75)43(71)36(21-65)90-61)95-59-51(79)52(41(69)27(7)88-59)92-56-48(76)45(73)39(67)24(4)85-56/h15,23-31,33,35-61,65,67-80H,11-14,16-22H2,1-10H3,(H,81,82,83). The number of ketones is 1. The first-order chi connectivity index (χ1) is 45.3. The smallest absolute Gasteiger partial charge is 0.394 e. The molecule has 16 N–H and O–H groups in total. The molecule has 0 aromatic rings. The molecule has 0 aromatic carbocycles. The maximum atomic E-state index is 13.8. The van der Waals surface area contributed by atoms with Crippen LogP contribution in [0.5, 0.6) is 0 Å². The predicted octanol–water partition coefficient (Wildman–Crippen LogP) is -3.19. The summed E-state index contributed by atoms with van der Waals surface area (Å²) in [6.07, 6.45) is -46.6. The third-order valence-corrected chi connectivity index (χ3v) is 23.9. The molecule has 6 saturated heterocycles. The van der Waals surface area contributed by atoms with Crippen LogP contribution in [-0.2, 0) is 76.2 Å². The Hall–Kier alpha value is -1.80. The van der Waals surface area contributed by atoms with Crippen molar-refractivity contribution in [3.8, 4) is 0 Å². The van der Waals surface area contributed by atoms with Crippen LogP contribution in [0, 0.1) is 46.3 Å². The maximum absolute atomic E-state index is 13.8. The van der Waals surface area contributed by atoms with Gasteiger partial charge in [-0.1, -0.05) is 46.3 Å². The molecule has 9 fully saturated rings. The zero-order valence-electron chi connectivity index (χ0n) is 56.3. The molecular formula is C64H106O32S. The Balaban J connectivity index is 0.905. The van der Waals surface area contributed by atoms with Crippen LogP contribution in [0.25, 0.3) is 0 Å². The van der Waals surface area contributed by atoms with Gasteiger partial charge in [-0.2, -0.15) is 8.42 Å². The lowest BCUT2D eigenvalue weighted by Crippen LogP contribution is -2.67. The first kappa shape index (κ1) is 77.8. The summed E-state index contributed by atoms with van der Waals surface area (Å²) in [6.45, 7) is 15.9. The van der Waals surface area contributed by atoms with Gasteiger partial charge >= 0.3 is 10.4 Å². The molecule has 0 radical (unpaired) electrons. The normalized spacial score (nSPS) is 51.5. The second-order valence-corrected chi connectivity index (χ2v) is 31.1. The second-order valence-electron chi connectivity index (χ2n) is 30.0. The fourth-order valence-corrected chi connectivity index (χ4v) is 18.3. The average molecular weight is 1420 g/mol. The van der Waals surface area contributed by atoms with Crippen molar-refractivity contribution in [3.63, 3.8) is 0 Å². The Morgan fingerprint density at radius 2 is 1.08 bits per heavy atom. The minimum atomic E-state index is -4.91. The average Bonchev–Trinajstić information content (AvgIpc) is 1.67. The van der Waals surface area contributed by atoms with E-state index in [1.165, 1.54) is 27.7 Å². The van der Waals surface area contributed by atoms with Crippen LogP contribution in [0.2, 0.25) is 0 Å². The van der Waals surface area contributed by atoms with Gasteiger partial charge in [0.2, 0.25) is 0 Å². The molecule has 560 valence electrons. The minimum Gasteiger partial charge on any atom is -0.394 e. The van der Waals surface area contributed by atoms with Gasteiger partial charge in [0.25, 0.3) is 0 Å². The highest BCUT2D eigenvalue weighted by atomic mass is 32.3. The van der Waals surface area contributed by atoms with Crippen molar-refractivity contribution in [2.75, 3.05) is 13.2 Å². The van der Waals surface area contributed by atoms with Crippen LogP contribution >= 0.6 is 0 Å². The molecule has 39 atom stereocenters. The third kappa shape index (κ3) is 15.4. The Kier molecular flexibility index (Phi) is 24.3. The van der Waals surface area contributed by atoms with E-state index in [4.69, 9.17) is 61.0 Å². The van der Waals surface area contributed by atoms with E-state index in [1.54, 1.807) is 6.92 Å². The SMILES string of the molecule is CCC(C(=O)CC(C)(O)C1CCC2C3CC(OC4OC(C)C(O)C(OC5OCC(OC6OC(CO)C(O)C(O)C6OC6OC(C)C(O)C(OC7OC(C)C(O)C(O)C7O)C6O)C(O)C5OC5OC(C)C(O)C(O)C5O)C4O)C4CC(OS(=O)(=O)O)CCC4(C)C3=CCC21C)C(C)C. The van der Waals surface area contributed by atoms with Crippen LogP contribution in [0.4, 0.5) is 0 Å². The molecule has 33 heteroatoms. The van der Waals surface area contributed by atoms with E-state index in [2.05, 4.69) is 19.9 Å². The van der Waals surface area contributed by atoms with E-state index in [9.17, 15) is 94.4 Å². The van der Waals surface area contributed by atoms with Crippen LogP contribution in [-0.4, -0.2) is 305 Å².